The molecule has 2 aromatic heterocycles. The molecule has 1 aliphatic rings. The molecule has 1 saturated heterocycles. The summed E-state index contributed by atoms with van der Waals surface area (Å²) in [5.41, 5.74) is 5.69. The Morgan fingerprint density at radius 3 is 2.52 bits per heavy atom. The smallest absolute Gasteiger partial charge is 0.262 e. The number of aliphatic hydroxyl groups excluding tert-OH is 5. The number of aryl methyl sites for hydroxylation is 1. The molecule has 6 atom stereocenters. The van der Waals surface area contributed by atoms with E-state index in [0.717, 1.165) is 0 Å². The molecular weight excluding hydrogens is 336 g/mol. The molecule has 3 heterocycles. The third-order valence-corrected chi connectivity index (χ3v) is 4.38. The molecule has 0 spiro atoms. The number of H-pyrrole nitrogens is 1. The maximum atomic E-state index is 12.1. The lowest BCUT2D eigenvalue weighted by Gasteiger charge is -2.27. The summed E-state index contributed by atoms with van der Waals surface area (Å²) in [6, 6.07) is 0. The SMILES string of the molecule is Cc1cn([C@@H]2O[C@H](CO)[C@@H](O)[C@H](O)[C@@H](O)[C@H]2O)c2nc(N)[nH]c(=O)c12. The third kappa shape index (κ3) is 2.80. The Kier molecular flexibility index (Phi) is 4.53. The van der Waals surface area contributed by atoms with Gasteiger partial charge in [0.05, 0.1) is 12.0 Å². The highest BCUT2D eigenvalue weighted by Gasteiger charge is 2.45. The van der Waals surface area contributed by atoms with Crippen molar-refractivity contribution in [3.05, 3.63) is 22.1 Å². The van der Waals surface area contributed by atoms with Crippen molar-refractivity contribution in [1.82, 2.24) is 14.5 Å². The third-order valence-electron chi connectivity index (χ3n) is 4.38. The minimum atomic E-state index is -1.76. The van der Waals surface area contributed by atoms with Gasteiger partial charge >= 0.3 is 0 Å². The predicted octanol–water partition coefficient (Wildman–Crippen LogP) is -3.05. The van der Waals surface area contributed by atoms with Gasteiger partial charge in [0.15, 0.2) is 11.9 Å². The molecule has 0 saturated carbocycles. The van der Waals surface area contributed by atoms with Crippen LogP contribution in [0.1, 0.15) is 11.8 Å². The second kappa shape index (κ2) is 6.37. The number of nitrogens with one attached hydrogen (secondary N) is 1. The molecule has 0 unspecified atom stereocenters. The first kappa shape index (κ1) is 17.8. The van der Waals surface area contributed by atoms with Crippen LogP contribution < -0.4 is 11.3 Å². The zero-order chi connectivity index (χ0) is 18.5. The summed E-state index contributed by atoms with van der Waals surface area (Å²) in [6.07, 6.45) is -7.92. The Balaban J connectivity index is 2.17. The Morgan fingerprint density at radius 2 is 1.88 bits per heavy atom. The molecule has 0 bridgehead atoms. The lowest BCUT2D eigenvalue weighted by atomic mass is 10.0. The molecule has 8 N–H and O–H groups in total. The number of aliphatic hydroxyl groups is 5. The maximum absolute atomic E-state index is 12.1. The molecule has 3 rings (SSSR count). The van der Waals surface area contributed by atoms with Crippen LogP contribution in [-0.2, 0) is 4.74 Å². The molecule has 0 aliphatic carbocycles. The van der Waals surface area contributed by atoms with Gasteiger partial charge in [-0.05, 0) is 12.5 Å². The van der Waals surface area contributed by atoms with Crippen LogP contribution in [0.5, 0.6) is 0 Å². The zero-order valence-corrected chi connectivity index (χ0v) is 13.3. The molecule has 0 amide bonds. The number of nitrogens with two attached hydrogens (primary N) is 1. The van der Waals surface area contributed by atoms with Gasteiger partial charge in [0.25, 0.3) is 5.56 Å². The van der Waals surface area contributed by atoms with Crippen LogP contribution in [-0.4, -0.2) is 77.2 Å². The molecule has 11 nitrogen and oxygen atoms in total. The minimum absolute atomic E-state index is 0.0950. The molecule has 11 heteroatoms. The lowest BCUT2D eigenvalue weighted by molar-refractivity contribution is -0.149. The number of nitrogens with zero attached hydrogens (tertiary/aromatic N) is 2. The Bertz CT molecular complexity index is 832. The fourth-order valence-electron chi connectivity index (χ4n) is 3.06. The highest BCUT2D eigenvalue weighted by Crippen LogP contribution is 2.31. The average molecular weight is 356 g/mol. The van der Waals surface area contributed by atoms with E-state index >= 15 is 0 Å². The second-order valence-electron chi connectivity index (χ2n) is 6.08. The largest absolute Gasteiger partial charge is 0.394 e. The van der Waals surface area contributed by atoms with Crippen LogP contribution in [0.15, 0.2) is 11.0 Å². The van der Waals surface area contributed by atoms with Crippen molar-refractivity contribution in [2.24, 2.45) is 0 Å². The number of hydrogen-bond acceptors (Lipinski definition) is 9. The second-order valence-corrected chi connectivity index (χ2v) is 6.08. The minimum Gasteiger partial charge on any atom is -0.394 e. The summed E-state index contributed by atoms with van der Waals surface area (Å²) in [6.45, 7) is 0.973. The summed E-state index contributed by atoms with van der Waals surface area (Å²) in [4.78, 5) is 18.5. The fraction of sp³-hybridized carbons (Fsp3) is 0.571. The van der Waals surface area contributed by atoms with Gasteiger partial charge in [-0.1, -0.05) is 0 Å². The van der Waals surface area contributed by atoms with Gasteiger partial charge in [-0.2, -0.15) is 4.98 Å². The van der Waals surface area contributed by atoms with Crippen molar-refractivity contribution in [2.75, 3.05) is 12.3 Å². The first-order valence-electron chi connectivity index (χ1n) is 7.61. The van der Waals surface area contributed by atoms with Crippen LogP contribution in [0.2, 0.25) is 0 Å². The number of fused-ring (bicyclic) bond motifs is 1. The normalized spacial score (nSPS) is 33.5. The van der Waals surface area contributed by atoms with Gasteiger partial charge in [0.1, 0.15) is 30.5 Å². The quantitative estimate of drug-likeness (QED) is 0.293. The van der Waals surface area contributed by atoms with Crippen LogP contribution in [0.3, 0.4) is 0 Å². The van der Waals surface area contributed by atoms with E-state index in [0.29, 0.717) is 5.56 Å². The van der Waals surface area contributed by atoms with Crippen molar-refractivity contribution < 1.29 is 30.3 Å². The monoisotopic (exact) mass is 356 g/mol. The first-order valence-corrected chi connectivity index (χ1v) is 7.61. The van der Waals surface area contributed by atoms with Gasteiger partial charge in [0.2, 0.25) is 5.95 Å². The molecule has 25 heavy (non-hydrogen) atoms. The number of nitrogen functional groups attached to an aromatic ring is 1. The Hall–Kier alpha value is -2.02. The van der Waals surface area contributed by atoms with E-state index in [1.807, 2.05) is 0 Å². The fourth-order valence-corrected chi connectivity index (χ4v) is 3.06. The average Bonchev–Trinajstić information content (AvgIpc) is 2.86. The van der Waals surface area contributed by atoms with Gasteiger partial charge in [-0.15, -0.1) is 0 Å². The van der Waals surface area contributed by atoms with E-state index in [2.05, 4.69) is 9.97 Å². The molecule has 138 valence electrons. The summed E-state index contributed by atoms with van der Waals surface area (Å²) in [5.74, 6) is -0.153. The highest BCUT2D eigenvalue weighted by atomic mass is 16.6. The summed E-state index contributed by atoms with van der Waals surface area (Å²) in [5, 5.41) is 50.0. The van der Waals surface area contributed by atoms with Crippen LogP contribution in [0.25, 0.3) is 11.0 Å². The van der Waals surface area contributed by atoms with E-state index < -0.39 is 48.9 Å². The van der Waals surface area contributed by atoms with Gasteiger partial charge in [0, 0.05) is 6.20 Å². The Labute approximate surface area is 140 Å². The van der Waals surface area contributed by atoms with Crippen molar-refractivity contribution in [3.63, 3.8) is 0 Å². The zero-order valence-electron chi connectivity index (χ0n) is 13.3. The van der Waals surface area contributed by atoms with E-state index in [1.165, 1.54) is 10.8 Å². The molecular formula is C14H20N4O7. The van der Waals surface area contributed by atoms with Crippen molar-refractivity contribution >= 4 is 17.0 Å². The predicted molar refractivity (Wildman–Crippen MR) is 84.5 cm³/mol. The van der Waals surface area contributed by atoms with Crippen molar-refractivity contribution in [3.8, 4) is 0 Å². The molecule has 2 aromatic rings. The van der Waals surface area contributed by atoms with Crippen LogP contribution in [0, 0.1) is 6.92 Å². The molecule has 0 aromatic carbocycles. The highest BCUT2D eigenvalue weighted by molar-refractivity contribution is 5.80. The molecule has 1 aliphatic heterocycles. The molecule has 0 radical (unpaired) electrons. The number of hydrogen-bond donors (Lipinski definition) is 7. The summed E-state index contributed by atoms with van der Waals surface area (Å²) >= 11 is 0. The number of anilines is 1. The van der Waals surface area contributed by atoms with E-state index in [4.69, 9.17) is 10.5 Å². The number of aromatic nitrogens is 3. The first-order chi connectivity index (χ1) is 11.8. The number of ether oxygens (including phenoxy) is 1. The number of rotatable bonds is 2. The summed E-state index contributed by atoms with van der Waals surface area (Å²) < 4.78 is 6.79. The maximum Gasteiger partial charge on any atom is 0.262 e. The number of aromatic amines is 1. The van der Waals surface area contributed by atoms with Gasteiger partial charge in [-0.3, -0.25) is 9.78 Å². The van der Waals surface area contributed by atoms with Crippen molar-refractivity contribution in [1.29, 1.82) is 0 Å². The standard InChI is InChI=1S/C14H20N4O7/c1-4-2-18(11-6(4)12(24)17-14(15)16-11)13-10(23)9(22)8(21)7(20)5(3-19)25-13/h2,5,7-10,13,19-23H,3H2,1H3,(H3,15,16,17,24)/t5-,7-,8+,9-,10-,13-/m1/s1. The van der Waals surface area contributed by atoms with Crippen LogP contribution in [0.4, 0.5) is 5.95 Å². The topological polar surface area (TPSA) is 187 Å². The van der Waals surface area contributed by atoms with E-state index in [1.54, 1.807) is 6.92 Å². The van der Waals surface area contributed by atoms with Gasteiger partial charge < -0.3 is 40.6 Å². The Morgan fingerprint density at radius 1 is 1.24 bits per heavy atom. The van der Waals surface area contributed by atoms with Crippen molar-refractivity contribution in [2.45, 2.75) is 43.7 Å². The van der Waals surface area contributed by atoms with E-state index in [-0.39, 0.29) is 17.0 Å². The molecule has 1 fully saturated rings. The van der Waals surface area contributed by atoms with E-state index in [9.17, 15) is 30.3 Å². The van der Waals surface area contributed by atoms with Gasteiger partial charge in [-0.25, -0.2) is 0 Å². The summed E-state index contributed by atoms with van der Waals surface area (Å²) in [7, 11) is 0. The van der Waals surface area contributed by atoms with Crippen LogP contribution >= 0.6 is 0 Å². The lowest BCUT2D eigenvalue weighted by Crippen LogP contribution is -2.47.